The molecule has 1 aromatic heterocycles. The Morgan fingerprint density at radius 3 is 2.71 bits per heavy atom. The van der Waals surface area contributed by atoms with E-state index in [0.29, 0.717) is 12.3 Å². The molecule has 0 bridgehead atoms. The van der Waals surface area contributed by atoms with E-state index >= 15 is 0 Å². The van der Waals surface area contributed by atoms with Crippen LogP contribution in [0.5, 0.6) is 5.75 Å². The van der Waals surface area contributed by atoms with Gasteiger partial charge in [0.25, 0.3) is 0 Å². The maximum atomic E-state index is 11.2. The SMILES string of the molecule is O=c1cc(CNC2(CO)CCCC2)occ1O. The predicted octanol–water partition coefficient (Wildman–Crippen LogP) is 0.740. The Morgan fingerprint density at radius 1 is 1.41 bits per heavy atom. The second-order valence-electron chi connectivity index (χ2n) is 4.59. The summed E-state index contributed by atoms with van der Waals surface area (Å²) in [4.78, 5) is 11.2. The minimum absolute atomic E-state index is 0.0926. The maximum Gasteiger partial charge on any atom is 0.226 e. The number of nitrogens with one attached hydrogen (secondary N) is 1. The summed E-state index contributed by atoms with van der Waals surface area (Å²) in [6, 6.07) is 1.27. The molecule has 94 valence electrons. The van der Waals surface area contributed by atoms with Gasteiger partial charge in [-0.05, 0) is 12.8 Å². The fourth-order valence-electron chi connectivity index (χ4n) is 2.25. The van der Waals surface area contributed by atoms with E-state index in [1.807, 2.05) is 0 Å². The lowest BCUT2D eigenvalue weighted by atomic mass is 9.99. The number of aliphatic hydroxyl groups is 1. The van der Waals surface area contributed by atoms with Crippen molar-refractivity contribution < 1.29 is 14.6 Å². The highest BCUT2D eigenvalue weighted by atomic mass is 16.4. The number of aromatic hydroxyl groups is 1. The van der Waals surface area contributed by atoms with Crippen molar-refractivity contribution in [2.45, 2.75) is 37.8 Å². The first-order valence-corrected chi connectivity index (χ1v) is 5.82. The van der Waals surface area contributed by atoms with Gasteiger partial charge in [-0.3, -0.25) is 4.79 Å². The molecule has 0 unspecified atom stereocenters. The van der Waals surface area contributed by atoms with E-state index in [0.717, 1.165) is 31.9 Å². The molecular weight excluding hydrogens is 222 g/mol. The molecule has 0 atom stereocenters. The molecule has 0 aliphatic heterocycles. The number of hydrogen-bond donors (Lipinski definition) is 3. The molecule has 1 saturated carbocycles. The first kappa shape index (κ1) is 12.1. The van der Waals surface area contributed by atoms with Gasteiger partial charge >= 0.3 is 0 Å². The van der Waals surface area contributed by atoms with Gasteiger partial charge in [0.15, 0.2) is 5.75 Å². The van der Waals surface area contributed by atoms with E-state index in [-0.39, 0.29) is 17.9 Å². The van der Waals surface area contributed by atoms with Gasteiger partial charge < -0.3 is 19.9 Å². The lowest BCUT2D eigenvalue weighted by molar-refractivity contribution is 0.160. The van der Waals surface area contributed by atoms with Gasteiger partial charge in [-0.15, -0.1) is 0 Å². The van der Waals surface area contributed by atoms with Crippen LogP contribution in [0.15, 0.2) is 21.5 Å². The van der Waals surface area contributed by atoms with Gasteiger partial charge in [0.05, 0.1) is 13.2 Å². The monoisotopic (exact) mass is 239 g/mol. The van der Waals surface area contributed by atoms with Crippen molar-refractivity contribution in [3.63, 3.8) is 0 Å². The molecule has 1 fully saturated rings. The summed E-state index contributed by atoms with van der Waals surface area (Å²) < 4.78 is 5.09. The molecule has 0 aromatic carbocycles. The highest BCUT2D eigenvalue weighted by Gasteiger charge is 2.32. The molecular formula is C12H17NO4. The summed E-state index contributed by atoms with van der Waals surface area (Å²) in [5, 5.41) is 21.7. The Hall–Kier alpha value is -1.33. The third kappa shape index (κ3) is 2.68. The van der Waals surface area contributed by atoms with Gasteiger partial charge in [0.1, 0.15) is 12.0 Å². The number of aliphatic hydroxyl groups excluding tert-OH is 1. The van der Waals surface area contributed by atoms with Crippen molar-refractivity contribution in [3.05, 3.63) is 28.3 Å². The third-order valence-corrected chi connectivity index (χ3v) is 3.37. The molecule has 0 spiro atoms. The van der Waals surface area contributed by atoms with Crippen molar-refractivity contribution in [3.8, 4) is 5.75 Å². The van der Waals surface area contributed by atoms with E-state index in [2.05, 4.69) is 5.32 Å². The summed E-state index contributed by atoms with van der Waals surface area (Å²) in [5.74, 6) is 0.0824. The molecule has 0 saturated heterocycles. The number of hydrogen-bond acceptors (Lipinski definition) is 5. The highest BCUT2D eigenvalue weighted by molar-refractivity contribution is 5.15. The predicted molar refractivity (Wildman–Crippen MR) is 61.8 cm³/mol. The summed E-state index contributed by atoms with van der Waals surface area (Å²) in [6.45, 7) is 0.478. The van der Waals surface area contributed by atoms with Gasteiger partial charge in [-0.2, -0.15) is 0 Å². The Labute approximate surface area is 99.1 Å². The zero-order chi connectivity index (χ0) is 12.3. The molecule has 1 heterocycles. The van der Waals surface area contributed by atoms with Crippen LogP contribution in [0.4, 0.5) is 0 Å². The average Bonchev–Trinajstić information content (AvgIpc) is 2.80. The standard InChI is InChI=1S/C12H17NO4/c14-8-12(3-1-2-4-12)13-6-9-5-10(15)11(16)7-17-9/h5,7,13-14,16H,1-4,6,8H2. The lowest BCUT2D eigenvalue weighted by Crippen LogP contribution is -2.45. The Morgan fingerprint density at radius 2 is 2.12 bits per heavy atom. The van der Waals surface area contributed by atoms with E-state index in [4.69, 9.17) is 9.52 Å². The first-order chi connectivity index (χ1) is 8.15. The minimum atomic E-state index is -0.447. The van der Waals surface area contributed by atoms with Crippen LogP contribution < -0.4 is 10.7 Å². The van der Waals surface area contributed by atoms with Crippen LogP contribution in [0.3, 0.4) is 0 Å². The molecule has 1 aliphatic carbocycles. The number of rotatable bonds is 4. The summed E-state index contributed by atoms with van der Waals surface area (Å²) in [6.07, 6.45) is 5.12. The van der Waals surface area contributed by atoms with Crippen molar-refractivity contribution in [2.75, 3.05) is 6.61 Å². The van der Waals surface area contributed by atoms with Crippen LogP contribution in [0.2, 0.25) is 0 Å². The largest absolute Gasteiger partial charge is 0.502 e. The Balaban J connectivity index is 2.01. The normalized spacial score (nSPS) is 18.4. The fourth-order valence-corrected chi connectivity index (χ4v) is 2.25. The molecule has 0 radical (unpaired) electrons. The summed E-state index contributed by atoms with van der Waals surface area (Å²) >= 11 is 0. The second kappa shape index (κ2) is 4.89. The van der Waals surface area contributed by atoms with Crippen molar-refractivity contribution in [1.82, 2.24) is 5.32 Å². The second-order valence-corrected chi connectivity index (χ2v) is 4.59. The highest BCUT2D eigenvalue weighted by Crippen LogP contribution is 2.29. The van der Waals surface area contributed by atoms with E-state index in [9.17, 15) is 9.90 Å². The van der Waals surface area contributed by atoms with Crippen molar-refractivity contribution >= 4 is 0 Å². The van der Waals surface area contributed by atoms with Gasteiger partial charge in [-0.25, -0.2) is 0 Å². The molecule has 5 heteroatoms. The fraction of sp³-hybridized carbons (Fsp3) is 0.583. The quantitative estimate of drug-likeness (QED) is 0.722. The van der Waals surface area contributed by atoms with E-state index in [1.54, 1.807) is 0 Å². The van der Waals surface area contributed by atoms with Gasteiger partial charge in [0.2, 0.25) is 5.43 Å². The van der Waals surface area contributed by atoms with Crippen LogP contribution in [0.1, 0.15) is 31.4 Å². The zero-order valence-corrected chi connectivity index (χ0v) is 9.61. The summed E-state index contributed by atoms with van der Waals surface area (Å²) in [5.41, 5.74) is -0.686. The smallest absolute Gasteiger partial charge is 0.226 e. The molecule has 2 rings (SSSR count). The molecule has 3 N–H and O–H groups in total. The molecule has 5 nitrogen and oxygen atoms in total. The molecule has 0 amide bonds. The lowest BCUT2D eigenvalue weighted by Gasteiger charge is -2.27. The van der Waals surface area contributed by atoms with Crippen molar-refractivity contribution in [1.29, 1.82) is 0 Å². The van der Waals surface area contributed by atoms with Crippen LogP contribution in [0, 0.1) is 0 Å². The molecule has 1 aromatic rings. The average molecular weight is 239 g/mol. The first-order valence-electron chi connectivity index (χ1n) is 5.82. The Kier molecular flexibility index (Phi) is 3.49. The third-order valence-electron chi connectivity index (χ3n) is 3.37. The minimum Gasteiger partial charge on any atom is -0.502 e. The zero-order valence-electron chi connectivity index (χ0n) is 9.61. The van der Waals surface area contributed by atoms with E-state index < -0.39 is 5.43 Å². The topological polar surface area (TPSA) is 82.7 Å². The van der Waals surface area contributed by atoms with Crippen LogP contribution in [0.25, 0.3) is 0 Å². The Bertz CT molecular complexity index is 434. The van der Waals surface area contributed by atoms with Crippen LogP contribution in [-0.2, 0) is 6.54 Å². The van der Waals surface area contributed by atoms with Crippen molar-refractivity contribution in [2.24, 2.45) is 0 Å². The van der Waals surface area contributed by atoms with Gasteiger partial charge in [0, 0.05) is 11.6 Å². The van der Waals surface area contributed by atoms with E-state index in [1.165, 1.54) is 6.07 Å². The van der Waals surface area contributed by atoms with Crippen LogP contribution in [-0.4, -0.2) is 22.4 Å². The molecule has 17 heavy (non-hydrogen) atoms. The maximum absolute atomic E-state index is 11.2. The molecule has 1 aliphatic rings. The van der Waals surface area contributed by atoms with Crippen LogP contribution >= 0.6 is 0 Å². The summed E-state index contributed by atoms with van der Waals surface area (Å²) in [7, 11) is 0. The van der Waals surface area contributed by atoms with Gasteiger partial charge in [-0.1, -0.05) is 12.8 Å².